The molecule has 0 radical (unpaired) electrons. The summed E-state index contributed by atoms with van der Waals surface area (Å²) in [4.78, 5) is 13.8. The van der Waals surface area contributed by atoms with E-state index in [4.69, 9.17) is 4.74 Å². The lowest BCUT2D eigenvalue weighted by Gasteiger charge is -2.36. The Kier molecular flexibility index (Phi) is 4.62. The molecule has 2 rings (SSSR count). The molecule has 1 heterocycles. The predicted molar refractivity (Wildman–Crippen MR) is 63.8 cm³/mol. The van der Waals surface area contributed by atoms with Crippen molar-refractivity contribution >= 4 is 6.03 Å². The van der Waals surface area contributed by atoms with Crippen molar-refractivity contribution in [1.82, 2.24) is 10.2 Å². The third-order valence-electron chi connectivity index (χ3n) is 3.63. The number of hydrogen-bond donors (Lipinski definition) is 2. The van der Waals surface area contributed by atoms with E-state index in [0.29, 0.717) is 25.8 Å². The molecule has 1 saturated carbocycles. The number of nitrogens with one attached hydrogen (secondary N) is 1. The third kappa shape index (κ3) is 3.33. The minimum absolute atomic E-state index is 0.0297. The molecule has 1 unspecified atom stereocenters. The maximum Gasteiger partial charge on any atom is 0.318 e. The van der Waals surface area contributed by atoms with Gasteiger partial charge in [0.15, 0.2) is 0 Å². The summed E-state index contributed by atoms with van der Waals surface area (Å²) < 4.78 is 5.26. The number of carbonyl (C=O) groups excluding carboxylic acids is 1. The highest BCUT2D eigenvalue weighted by Gasteiger charge is 2.28. The molecule has 2 N–H and O–H groups in total. The van der Waals surface area contributed by atoms with Crippen LogP contribution in [0.3, 0.4) is 0 Å². The Balaban J connectivity index is 1.84. The van der Waals surface area contributed by atoms with Crippen LogP contribution < -0.4 is 5.32 Å². The predicted octanol–water partition coefficient (Wildman–Crippen LogP) is 0.722. The number of ether oxygens (including phenoxy) is 1. The molecule has 5 nitrogen and oxygen atoms in total. The van der Waals surface area contributed by atoms with Gasteiger partial charge < -0.3 is 20.1 Å². The molecule has 0 aromatic rings. The minimum atomic E-state index is -0.188. The number of carbonyl (C=O) groups is 1. The van der Waals surface area contributed by atoms with Gasteiger partial charge in [0.1, 0.15) is 0 Å². The molecule has 0 aromatic carbocycles. The molecule has 17 heavy (non-hydrogen) atoms. The van der Waals surface area contributed by atoms with Crippen molar-refractivity contribution < 1.29 is 14.6 Å². The molecule has 1 atom stereocenters. The van der Waals surface area contributed by atoms with Crippen molar-refractivity contribution in [1.29, 1.82) is 0 Å². The number of morpholine rings is 1. The summed E-state index contributed by atoms with van der Waals surface area (Å²) in [6, 6.07) is 0.0880. The Hall–Kier alpha value is -0.810. The number of aliphatic hydroxyl groups excluding tert-OH is 1. The number of amides is 2. The lowest BCUT2D eigenvalue weighted by molar-refractivity contribution is -0.00832. The Morgan fingerprint density at radius 2 is 2.12 bits per heavy atom. The molecule has 0 bridgehead atoms. The van der Waals surface area contributed by atoms with Gasteiger partial charge in [-0.25, -0.2) is 4.79 Å². The van der Waals surface area contributed by atoms with Crippen molar-refractivity contribution in [2.45, 2.75) is 44.2 Å². The second kappa shape index (κ2) is 6.21. The van der Waals surface area contributed by atoms with E-state index in [2.05, 4.69) is 5.32 Å². The van der Waals surface area contributed by atoms with E-state index in [1.807, 2.05) is 0 Å². The van der Waals surface area contributed by atoms with Crippen molar-refractivity contribution in [2.75, 3.05) is 26.4 Å². The summed E-state index contributed by atoms with van der Waals surface area (Å²) in [6.07, 6.45) is 5.86. The fourth-order valence-electron chi connectivity index (χ4n) is 2.58. The van der Waals surface area contributed by atoms with Gasteiger partial charge in [-0.3, -0.25) is 0 Å². The molecule has 2 aliphatic rings. The van der Waals surface area contributed by atoms with Gasteiger partial charge in [-0.2, -0.15) is 0 Å². The number of rotatable bonds is 2. The van der Waals surface area contributed by atoms with Gasteiger partial charge in [0.2, 0.25) is 0 Å². The van der Waals surface area contributed by atoms with Crippen LogP contribution in [0.4, 0.5) is 4.79 Å². The third-order valence-corrected chi connectivity index (χ3v) is 3.63. The van der Waals surface area contributed by atoms with Crippen molar-refractivity contribution in [2.24, 2.45) is 0 Å². The van der Waals surface area contributed by atoms with E-state index in [9.17, 15) is 9.90 Å². The topological polar surface area (TPSA) is 61.8 Å². The SMILES string of the molecule is O=C(NC1CCCCC1)N1CCOCC1CO. The van der Waals surface area contributed by atoms with Crippen LogP contribution in [0.5, 0.6) is 0 Å². The fourth-order valence-corrected chi connectivity index (χ4v) is 2.58. The normalized spacial score (nSPS) is 26.9. The molecule has 1 saturated heterocycles. The summed E-state index contributed by atoms with van der Waals surface area (Å²) in [5.74, 6) is 0. The maximum absolute atomic E-state index is 12.1. The molecule has 2 fully saturated rings. The maximum atomic E-state index is 12.1. The smallest absolute Gasteiger partial charge is 0.318 e. The summed E-state index contributed by atoms with van der Waals surface area (Å²) in [5.41, 5.74) is 0. The van der Waals surface area contributed by atoms with Crippen LogP contribution in [-0.2, 0) is 4.74 Å². The van der Waals surface area contributed by atoms with Gasteiger partial charge in [0.25, 0.3) is 0 Å². The fraction of sp³-hybridized carbons (Fsp3) is 0.917. The van der Waals surface area contributed by atoms with Crippen molar-refractivity contribution in [3.05, 3.63) is 0 Å². The Labute approximate surface area is 102 Å². The average molecular weight is 242 g/mol. The van der Waals surface area contributed by atoms with Crippen molar-refractivity contribution in [3.63, 3.8) is 0 Å². The van der Waals surface area contributed by atoms with Crippen LogP contribution in [0.1, 0.15) is 32.1 Å². The molecule has 1 aliphatic carbocycles. The van der Waals surface area contributed by atoms with Crippen LogP contribution in [0.2, 0.25) is 0 Å². The summed E-state index contributed by atoms with van der Waals surface area (Å²) in [7, 11) is 0. The standard InChI is InChI=1S/C12H22N2O3/c15-8-11-9-17-7-6-14(11)12(16)13-10-4-2-1-3-5-10/h10-11,15H,1-9H2,(H,13,16). The van der Waals surface area contributed by atoms with E-state index < -0.39 is 0 Å². The average Bonchev–Trinajstić information content (AvgIpc) is 2.40. The highest BCUT2D eigenvalue weighted by atomic mass is 16.5. The zero-order valence-corrected chi connectivity index (χ0v) is 10.2. The van der Waals surface area contributed by atoms with Gasteiger partial charge in [0, 0.05) is 12.6 Å². The van der Waals surface area contributed by atoms with Gasteiger partial charge in [-0.05, 0) is 12.8 Å². The zero-order chi connectivity index (χ0) is 12.1. The molecule has 1 aliphatic heterocycles. The molecular weight excluding hydrogens is 220 g/mol. The molecule has 5 heteroatoms. The van der Waals surface area contributed by atoms with Gasteiger partial charge >= 0.3 is 6.03 Å². The number of nitrogens with zero attached hydrogens (tertiary/aromatic N) is 1. The van der Waals surface area contributed by atoms with Gasteiger partial charge in [-0.15, -0.1) is 0 Å². The lowest BCUT2D eigenvalue weighted by atomic mass is 9.96. The Morgan fingerprint density at radius 1 is 1.35 bits per heavy atom. The first-order chi connectivity index (χ1) is 8.31. The van der Waals surface area contributed by atoms with Crippen LogP contribution >= 0.6 is 0 Å². The highest BCUT2D eigenvalue weighted by Crippen LogP contribution is 2.18. The minimum Gasteiger partial charge on any atom is -0.394 e. The number of aliphatic hydroxyl groups is 1. The molecular formula is C12H22N2O3. The zero-order valence-electron chi connectivity index (χ0n) is 10.2. The van der Waals surface area contributed by atoms with Gasteiger partial charge in [-0.1, -0.05) is 19.3 Å². The van der Waals surface area contributed by atoms with Crippen molar-refractivity contribution in [3.8, 4) is 0 Å². The first-order valence-corrected chi connectivity index (χ1v) is 6.57. The largest absolute Gasteiger partial charge is 0.394 e. The summed E-state index contributed by atoms with van der Waals surface area (Å²) >= 11 is 0. The molecule has 0 spiro atoms. The first kappa shape index (κ1) is 12.6. The number of hydrogen-bond acceptors (Lipinski definition) is 3. The Morgan fingerprint density at radius 3 is 2.82 bits per heavy atom. The van der Waals surface area contributed by atoms with E-state index in [1.54, 1.807) is 4.90 Å². The second-order valence-electron chi connectivity index (χ2n) is 4.89. The number of urea groups is 1. The quantitative estimate of drug-likeness (QED) is 0.750. The second-order valence-corrected chi connectivity index (χ2v) is 4.89. The van der Waals surface area contributed by atoms with Gasteiger partial charge in [0.05, 0.1) is 25.9 Å². The molecule has 2 amide bonds. The molecule has 98 valence electrons. The van der Waals surface area contributed by atoms with E-state index in [0.717, 1.165) is 12.8 Å². The van der Waals surface area contributed by atoms with Crippen LogP contribution in [0.15, 0.2) is 0 Å². The monoisotopic (exact) mass is 242 g/mol. The molecule has 0 aromatic heterocycles. The summed E-state index contributed by atoms with van der Waals surface area (Å²) in [6.45, 7) is 1.55. The van der Waals surface area contributed by atoms with Crippen LogP contribution in [0.25, 0.3) is 0 Å². The lowest BCUT2D eigenvalue weighted by Crippen LogP contribution is -2.55. The van der Waals surface area contributed by atoms with E-state index in [-0.39, 0.29) is 18.7 Å². The van der Waals surface area contributed by atoms with Crippen LogP contribution in [-0.4, -0.2) is 54.5 Å². The van der Waals surface area contributed by atoms with E-state index in [1.165, 1.54) is 19.3 Å². The van der Waals surface area contributed by atoms with Crippen LogP contribution in [0, 0.1) is 0 Å². The Bertz CT molecular complexity index is 254. The summed E-state index contributed by atoms with van der Waals surface area (Å²) in [5, 5.41) is 12.3. The first-order valence-electron chi connectivity index (χ1n) is 6.57. The van der Waals surface area contributed by atoms with E-state index >= 15 is 0 Å². The highest BCUT2D eigenvalue weighted by molar-refractivity contribution is 5.75.